The van der Waals surface area contributed by atoms with Crippen LogP contribution in [0.25, 0.3) is 21.3 Å². The van der Waals surface area contributed by atoms with Gasteiger partial charge in [0.25, 0.3) is 11.1 Å². The molecule has 0 bridgehead atoms. The summed E-state index contributed by atoms with van der Waals surface area (Å²) in [7, 11) is 0. The normalized spacial score (nSPS) is 15.4. The van der Waals surface area contributed by atoms with Crippen molar-refractivity contribution in [2.75, 3.05) is 13.1 Å². The van der Waals surface area contributed by atoms with Crippen LogP contribution in [0.15, 0.2) is 36.4 Å². The lowest BCUT2D eigenvalue weighted by atomic mass is 10.1. The lowest BCUT2D eigenvalue weighted by molar-refractivity contribution is 0.0595. The molecular weight excluding hydrogens is 392 g/mol. The van der Waals surface area contributed by atoms with Gasteiger partial charge in [-0.05, 0) is 36.8 Å². The van der Waals surface area contributed by atoms with Crippen LogP contribution in [0.1, 0.15) is 28.8 Å². The number of nitrogens with zero attached hydrogens (tertiary/aromatic N) is 4. The largest absolute Gasteiger partial charge is 0.467 e. The van der Waals surface area contributed by atoms with E-state index in [2.05, 4.69) is 32.8 Å². The predicted molar refractivity (Wildman–Crippen MR) is 111 cm³/mol. The summed E-state index contributed by atoms with van der Waals surface area (Å²) in [5.41, 5.74) is 4.46. The molecule has 8 heteroatoms. The van der Waals surface area contributed by atoms with E-state index in [1.807, 2.05) is 29.2 Å². The molecule has 1 fully saturated rings. The summed E-state index contributed by atoms with van der Waals surface area (Å²) in [6.07, 6.45) is 1.71. The van der Waals surface area contributed by atoms with Gasteiger partial charge < -0.3 is 9.64 Å². The van der Waals surface area contributed by atoms with Crippen molar-refractivity contribution in [3.63, 3.8) is 0 Å². The number of aryl methyl sites for hydroxylation is 1. The number of amides is 1. The number of benzene rings is 2. The maximum Gasteiger partial charge on any atom is 0.274 e. The minimum absolute atomic E-state index is 0.0453. The Labute approximate surface area is 170 Å². The van der Waals surface area contributed by atoms with Crippen molar-refractivity contribution < 1.29 is 9.53 Å². The second-order valence-corrected chi connectivity index (χ2v) is 8.50. The number of carbonyl (C=O) groups excluding carboxylic acids is 1. The number of likely N-dealkylation sites (tertiary alicyclic amines) is 1. The first kappa shape index (κ1) is 17.5. The Morgan fingerprint density at radius 1 is 1.14 bits per heavy atom. The molecule has 0 unspecified atom stereocenters. The molecule has 4 aromatic rings. The third kappa shape index (κ3) is 3.22. The molecule has 28 heavy (non-hydrogen) atoms. The fraction of sp³-hybridized carbons (Fsp3) is 0.300. The van der Waals surface area contributed by atoms with Gasteiger partial charge in [0.2, 0.25) is 0 Å². The Balaban J connectivity index is 1.24. The Hall–Kier alpha value is -2.58. The third-order valence-corrected chi connectivity index (χ3v) is 6.57. The first-order chi connectivity index (χ1) is 13.7. The van der Waals surface area contributed by atoms with E-state index in [0.29, 0.717) is 18.7 Å². The van der Waals surface area contributed by atoms with Crippen LogP contribution in [0.5, 0.6) is 5.19 Å². The topological polar surface area (TPSA) is 68.2 Å². The number of hydrogen-bond acceptors (Lipinski definition) is 7. The van der Waals surface area contributed by atoms with E-state index in [0.717, 1.165) is 44.8 Å². The van der Waals surface area contributed by atoms with E-state index in [1.165, 1.54) is 11.7 Å². The highest BCUT2D eigenvalue weighted by Gasteiger charge is 2.26. The number of carbonyl (C=O) groups is 1. The van der Waals surface area contributed by atoms with Gasteiger partial charge in [-0.1, -0.05) is 23.5 Å². The van der Waals surface area contributed by atoms with Gasteiger partial charge in [-0.3, -0.25) is 4.79 Å². The number of thiazole rings is 1. The molecule has 0 saturated carbocycles. The minimum atomic E-state index is 0.0453. The molecule has 5 rings (SSSR count). The number of piperidine rings is 1. The summed E-state index contributed by atoms with van der Waals surface area (Å²) < 4.78 is 15.7. The molecule has 3 heterocycles. The van der Waals surface area contributed by atoms with Crippen LogP contribution in [0.4, 0.5) is 0 Å². The molecule has 0 radical (unpaired) electrons. The van der Waals surface area contributed by atoms with Crippen molar-refractivity contribution in [2.45, 2.75) is 25.9 Å². The maximum absolute atomic E-state index is 12.8. The first-order valence-electron chi connectivity index (χ1n) is 9.22. The number of hydrogen-bond donors (Lipinski definition) is 0. The van der Waals surface area contributed by atoms with E-state index in [1.54, 1.807) is 11.3 Å². The summed E-state index contributed by atoms with van der Waals surface area (Å²) in [6.45, 7) is 3.43. The molecule has 142 valence electrons. The van der Waals surface area contributed by atoms with Gasteiger partial charge >= 0.3 is 0 Å². The molecule has 0 aliphatic carbocycles. The zero-order chi connectivity index (χ0) is 19.1. The van der Waals surface area contributed by atoms with Gasteiger partial charge in [0.1, 0.15) is 17.1 Å². The first-order valence-corrected chi connectivity index (χ1v) is 10.8. The van der Waals surface area contributed by atoms with Crippen LogP contribution in [-0.2, 0) is 0 Å². The fourth-order valence-electron chi connectivity index (χ4n) is 3.53. The van der Waals surface area contributed by atoms with E-state index in [-0.39, 0.29) is 12.0 Å². The number of para-hydroxylation sites is 1. The Bertz CT molecular complexity index is 1160. The van der Waals surface area contributed by atoms with Gasteiger partial charge in [-0.2, -0.15) is 8.75 Å². The lowest BCUT2D eigenvalue weighted by Gasteiger charge is -2.31. The quantitative estimate of drug-likeness (QED) is 0.504. The molecule has 2 aromatic carbocycles. The van der Waals surface area contributed by atoms with Gasteiger partial charge in [0.15, 0.2) is 0 Å². The standard InChI is InChI=1S/C20H18N4O2S2/c1-12-3-2-4-17-18(12)21-20(27-17)26-14-7-9-24(10-8-14)19(25)13-5-6-15-16(11-13)23-28-22-15/h2-6,11,14H,7-10H2,1H3. The number of ether oxygens (including phenoxy) is 1. The van der Waals surface area contributed by atoms with E-state index < -0.39 is 0 Å². The highest BCUT2D eigenvalue weighted by Crippen LogP contribution is 2.31. The Kier molecular flexibility index (Phi) is 4.44. The van der Waals surface area contributed by atoms with Crippen LogP contribution >= 0.6 is 23.1 Å². The van der Waals surface area contributed by atoms with Crippen LogP contribution in [0.2, 0.25) is 0 Å². The van der Waals surface area contributed by atoms with Crippen molar-refractivity contribution in [1.29, 1.82) is 0 Å². The average Bonchev–Trinajstić information content (AvgIpc) is 3.34. The molecule has 1 saturated heterocycles. The summed E-state index contributed by atoms with van der Waals surface area (Å²) in [5.74, 6) is 0.0453. The second kappa shape index (κ2) is 7.10. The smallest absolute Gasteiger partial charge is 0.274 e. The number of rotatable bonds is 3. The zero-order valence-corrected chi connectivity index (χ0v) is 16.9. The molecule has 1 amide bonds. The summed E-state index contributed by atoms with van der Waals surface area (Å²) >= 11 is 2.75. The molecule has 1 aliphatic heterocycles. The molecular formula is C20H18N4O2S2. The van der Waals surface area contributed by atoms with Gasteiger partial charge in [-0.25, -0.2) is 4.98 Å². The van der Waals surface area contributed by atoms with Crippen LogP contribution in [0, 0.1) is 6.92 Å². The molecule has 0 N–H and O–H groups in total. The van der Waals surface area contributed by atoms with Crippen molar-refractivity contribution in [3.05, 3.63) is 47.5 Å². The highest BCUT2D eigenvalue weighted by atomic mass is 32.1. The number of fused-ring (bicyclic) bond motifs is 2. The van der Waals surface area contributed by atoms with E-state index >= 15 is 0 Å². The Morgan fingerprint density at radius 3 is 2.79 bits per heavy atom. The number of aromatic nitrogens is 3. The molecule has 0 atom stereocenters. The predicted octanol–water partition coefficient (Wildman–Crippen LogP) is 4.29. The molecule has 1 aliphatic rings. The van der Waals surface area contributed by atoms with Crippen molar-refractivity contribution in [2.24, 2.45) is 0 Å². The summed E-state index contributed by atoms with van der Waals surface area (Å²) in [5, 5.41) is 0.718. The van der Waals surface area contributed by atoms with E-state index in [4.69, 9.17) is 4.74 Å². The third-order valence-electron chi connectivity index (χ3n) is 5.10. The molecule has 0 spiro atoms. The van der Waals surface area contributed by atoms with Crippen LogP contribution in [-0.4, -0.2) is 43.7 Å². The summed E-state index contributed by atoms with van der Waals surface area (Å²) in [4.78, 5) is 19.3. The van der Waals surface area contributed by atoms with Gasteiger partial charge in [0.05, 0.1) is 21.9 Å². The fourth-order valence-corrected chi connectivity index (χ4v) is 5.01. The SMILES string of the molecule is Cc1cccc2sc(OC3CCN(C(=O)c4ccc5nsnc5c4)CC3)nc12. The van der Waals surface area contributed by atoms with Crippen molar-refractivity contribution in [1.82, 2.24) is 18.6 Å². The lowest BCUT2D eigenvalue weighted by Crippen LogP contribution is -2.41. The summed E-state index contributed by atoms with van der Waals surface area (Å²) in [6, 6.07) is 11.7. The van der Waals surface area contributed by atoms with Gasteiger partial charge in [0, 0.05) is 31.5 Å². The highest BCUT2D eigenvalue weighted by molar-refractivity contribution is 7.20. The molecule has 2 aromatic heterocycles. The monoisotopic (exact) mass is 410 g/mol. The van der Waals surface area contributed by atoms with Gasteiger partial charge in [-0.15, -0.1) is 0 Å². The average molecular weight is 411 g/mol. The maximum atomic E-state index is 12.8. The minimum Gasteiger partial charge on any atom is -0.467 e. The molecule has 6 nitrogen and oxygen atoms in total. The second-order valence-electron chi connectivity index (χ2n) is 6.98. The van der Waals surface area contributed by atoms with Crippen LogP contribution < -0.4 is 4.74 Å². The van der Waals surface area contributed by atoms with Crippen LogP contribution in [0.3, 0.4) is 0 Å². The van der Waals surface area contributed by atoms with Crippen molar-refractivity contribution >= 4 is 50.2 Å². The Morgan fingerprint density at radius 2 is 1.96 bits per heavy atom. The van der Waals surface area contributed by atoms with Crippen molar-refractivity contribution in [3.8, 4) is 5.19 Å². The van der Waals surface area contributed by atoms with E-state index in [9.17, 15) is 4.79 Å². The zero-order valence-electron chi connectivity index (χ0n) is 15.3.